The predicted molar refractivity (Wildman–Crippen MR) is 102 cm³/mol. The molecule has 0 saturated carbocycles. The first-order chi connectivity index (χ1) is 11.3. The van der Waals surface area contributed by atoms with Crippen LogP contribution in [0.4, 0.5) is 0 Å². The molecular formula is C17H27B2NO4S. The normalized spacial score (nSPS) is 26.2. The van der Waals surface area contributed by atoms with E-state index in [4.69, 9.17) is 24.0 Å². The van der Waals surface area contributed by atoms with Crippen LogP contribution < -0.4 is 14.9 Å². The molecule has 2 aliphatic rings. The van der Waals surface area contributed by atoms with Gasteiger partial charge < -0.3 is 18.6 Å². The average molecular weight is 363 g/mol. The molecule has 2 aliphatic heterocycles. The smallest absolute Gasteiger partial charge is 0.399 e. The Hall–Kier alpha value is -0.660. The molecule has 2 fully saturated rings. The monoisotopic (exact) mass is 363 g/mol. The maximum absolute atomic E-state index is 8.44. The predicted octanol–water partition coefficient (Wildman–Crippen LogP) is 1.83. The van der Waals surface area contributed by atoms with Crippen LogP contribution in [-0.2, 0) is 18.6 Å². The summed E-state index contributed by atoms with van der Waals surface area (Å²) in [5, 5.41) is 8.44. The van der Waals surface area contributed by atoms with Gasteiger partial charge in [-0.1, -0.05) is 12.1 Å². The molecule has 1 aromatic heterocycles. The van der Waals surface area contributed by atoms with E-state index in [9.17, 15) is 0 Å². The zero-order valence-corrected chi connectivity index (χ0v) is 17.2. The van der Waals surface area contributed by atoms with E-state index in [0.29, 0.717) is 4.67 Å². The summed E-state index contributed by atoms with van der Waals surface area (Å²) in [6, 6.07) is 3.84. The number of hydrogen-bond donors (Lipinski definition) is 1. The minimum atomic E-state index is -0.527. The molecule has 0 bridgehead atoms. The zero-order chi connectivity index (χ0) is 18.8. The van der Waals surface area contributed by atoms with Crippen molar-refractivity contribution in [2.24, 2.45) is 0 Å². The van der Waals surface area contributed by atoms with Crippen molar-refractivity contribution in [1.29, 1.82) is 5.41 Å². The van der Waals surface area contributed by atoms with Gasteiger partial charge in [-0.2, -0.15) is 0 Å². The van der Waals surface area contributed by atoms with E-state index in [1.54, 1.807) is 0 Å². The van der Waals surface area contributed by atoms with Gasteiger partial charge in [0.1, 0.15) is 4.67 Å². The molecule has 5 nitrogen and oxygen atoms in total. The number of hydrogen-bond acceptors (Lipinski definition) is 6. The molecule has 0 aliphatic carbocycles. The fourth-order valence-electron chi connectivity index (χ4n) is 2.70. The summed E-state index contributed by atoms with van der Waals surface area (Å²) < 4.78 is 25.6. The van der Waals surface area contributed by atoms with E-state index in [2.05, 4.69) is 0 Å². The third-order valence-electron chi connectivity index (χ3n) is 5.90. The van der Waals surface area contributed by atoms with Crippen LogP contribution in [0.15, 0.2) is 12.1 Å². The third-order valence-corrected chi connectivity index (χ3v) is 6.91. The van der Waals surface area contributed by atoms with Crippen molar-refractivity contribution in [3.63, 3.8) is 0 Å². The van der Waals surface area contributed by atoms with Crippen molar-refractivity contribution in [2.45, 2.75) is 77.8 Å². The highest BCUT2D eigenvalue weighted by molar-refractivity contribution is 7.20. The van der Waals surface area contributed by atoms with Crippen LogP contribution >= 0.6 is 11.3 Å². The Kier molecular flexibility index (Phi) is 4.33. The fourth-order valence-corrected chi connectivity index (χ4v) is 3.55. The van der Waals surface area contributed by atoms with E-state index >= 15 is 0 Å². The highest BCUT2D eigenvalue weighted by atomic mass is 32.1. The molecule has 3 rings (SSSR count). The molecule has 0 aromatic carbocycles. The topological polar surface area (TPSA) is 60.8 Å². The van der Waals surface area contributed by atoms with E-state index in [0.717, 1.165) is 10.2 Å². The van der Waals surface area contributed by atoms with E-state index < -0.39 is 36.6 Å². The van der Waals surface area contributed by atoms with Gasteiger partial charge in [0, 0.05) is 10.2 Å². The third kappa shape index (κ3) is 3.12. The Labute approximate surface area is 154 Å². The van der Waals surface area contributed by atoms with Gasteiger partial charge in [0.2, 0.25) is 0 Å². The van der Waals surface area contributed by atoms with Crippen LogP contribution in [0.5, 0.6) is 0 Å². The standard InChI is InChI=1S/C17H27B2NO4S/c1-14(2)15(3,4)22-18(21-14)11-9-10-12(25-13(11)20)19-23-16(5,6)17(7,8)24-19/h9-10,20H,1-8H3. The molecule has 25 heavy (non-hydrogen) atoms. The van der Waals surface area contributed by atoms with Gasteiger partial charge in [-0.3, -0.25) is 5.41 Å². The SMILES string of the molecule is CC1(C)OB(c2ccc(B3OC(C)(C)C(C)(C)O3)c(=N)s2)OC1(C)C. The van der Waals surface area contributed by atoms with Gasteiger partial charge in [0.05, 0.1) is 22.4 Å². The van der Waals surface area contributed by atoms with Gasteiger partial charge in [-0.25, -0.2) is 0 Å². The number of rotatable bonds is 2. The molecule has 3 heterocycles. The average Bonchev–Trinajstić information content (AvgIpc) is 2.78. The van der Waals surface area contributed by atoms with Crippen molar-refractivity contribution in [2.75, 3.05) is 0 Å². The lowest BCUT2D eigenvalue weighted by atomic mass is 9.80. The lowest BCUT2D eigenvalue weighted by molar-refractivity contribution is 0.00578. The van der Waals surface area contributed by atoms with Crippen molar-refractivity contribution in [1.82, 2.24) is 0 Å². The summed E-state index contributed by atoms with van der Waals surface area (Å²) in [6.07, 6.45) is 0. The highest BCUT2D eigenvalue weighted by Crippen LogP contribution is 2.37. The zero-order valence-electron chi connectivity index (χ0n) is 16.4. The Morgan fingerprint density at radius 1 is 0.720 bits per heavy atom. The van der Waals surface area contributed by atoms with E-state index in [1.165, 1.54) is 11.3 Å². The Morgan fingerprint density at radius 2 is 1.12 bits per heavy atom. The molecule has 1 aromatic rings. The second-order valence-corrected chi connectivity index (χ2v) is 9.88. The van der Waals surface area contributed by atoms with Crippen molar-refractivity contribution >= 4 is 35.8 Å². The van der Waals surface area contributed by atoms with Crippen LogP contribution in [0.1, 0.15) is 55.4 Å². The molecule has 0 unspecified atom stereocenters. The van der Waals surface area contributed by atoms with Gasteiger partial charge >= 0.3 is 14.2 Å². The first-order valence-corrected chi connectivity index (χ1v) is 9.47. The molecule has 0 amide bonds. The van der Waals surface area contributed by atoms with Gasteiger partial charge in [0.15, 0.2) is 0 Å². The molecule has 0 atom stereocenters. The lowest BCUT2D eigenvalue weighted by Gasteiger charge is -2.32. The molecule has 136 valence electrons. The first-order valence-electron chi connectivity index (χ1n) is 8.66. The van der Waals surface area contributed by atoms with Gasteiger partial charge in [-0.15, -0.1) is 11.3 Å². The van der Waals surface area contributed by atoms with Gasteiger partial charge in [-0.05, 0) is 55.4 Å². The fraction of sp³-hybridized carbons (Fsp3) is 0.706. The van der Waals surface area contributed by atoms with Crippen LogP contribution in [-0.4, -0.2) is 36.6 Å². The minimum Gasteiger partial charge on any atom is -0.399 e. The van der Waals surface area contributed by atoms with Crippen LogP contribution in [0.3, 0.4) is 0 Å². The molecule has 8 heteroatoms. The minimum absolute atomic E-state index is 0.392. The van der Waals surface area contributed by atoms with Crippen molar-refractivity contribution in [3.05, 3.63) is 16.8 Å². The summed E-state index contributed by atoms with van der Waals surface area (Å²) in [5.41, 5.74) is -0.879. The summed E-state index contributed by atoms with van der Waals surface area (Å²) in [4.78, 5) is 0. The molecule has 0 radical (unpaired) electrons. The first kappa shape index (κ1) is 19.1. The van der Waals surface area contributed by atoms with E-state index in [1.807, 2.05) is 67.5 Å². The largest absolute Gasteiger partial charge is 0.505 e. The van der Waals surface area contributed by atoms with Crippen molar-refractivity contribution in [3.8, 4) is 0 Å². The molecular weight excluding hydrogens is 336 g/mol. The summed E-state index contributed by atoms with van der Waals surface area (Å²) in [6.45, 7) is 16.2. The quantitative estimate of drug-likeness (QED) is 0.815. The van der Waals surface area contributed by atoms with E-state index in [-0.39, 0.29) is 0 Å². The maximum Gasteiger partial charge on any atom is 0.505 e. The van der Waals surface area contributed by atoms with Crippen LogP contribution in [0, 0.1) is 5.41 Å². The second-order valence-electron chi connectivity index (χ2n) is 8.80. The molecule has 2 saturated heterocycles. The highest BCUT2D eigenvalue weighted by Gasteiger charge is 2.53. The Morgan fingerprint density at radius 3 is 1.52 bits per heavy atom. The van der Waals surface area contributed by atoms with Gasteiger partial charge in [0.25, 0.3) is 0 Å². The lowest BCUT2D eigenvalue weighted by Crippen LogP contribution is -2.45. The number of nitrogens with one attached hydrogen (secondary N) is 1. The summed E-state index contributed by atoms with van der Waals surface area (Å²) >= 11 is 1.35. The Balaban J connectivity index is 1.85. The second kappa shape index (κ2) is 5.67. The van der Waals surface area contributed by atoms with Crippen LogP contribution in [0.2, 0.25) is 0 Å². The molecule has 1 N–H and O–H groups in total. The Bertz CT molecular complexity index is 712. The van der Waals surface area contributed by atoms with Crippen LogP contribution in [0.25, 0.3) is 0 Å². The molecule has 0 spiro atoms. The van der Waals surface area contributed by atoms with Crippen molar-refractivity contribution < 1.29 is 18.6 Å². The summed E-state index contributed by atoms with van der Waals surface area (Å²) in [5.74, 6) is 0. The summed E-state index contributed by atoms with van der Waals surface area (Å²) in [7, 11) is -0.979. The maximum atomic E-state index is 8.44.